The molecule has 0 aliphatic carbocycles. The number of nitrogens with zero attached hydrogens (tertiary/aromatic N) is 1. The minimum absolute atomic E-state index is 0.225. The normalized spacial score (nSPS) is 12.4. The van der Waals surface area contributed by atoms with Gasteiger partial charge in [0.1, 0.15) is 0 Å². The highest BCUT2D eigenvalue weighted by Crippen LogP contribution is 2.28. The zero-order valence-electron chi connectivity index (χ0n) is 13.9. The Morgan fingerprint density at radius 3 is 2.19 bits per heavy atom. The van der Waals surface area contributed by atoms with Gasteiger partial charge in [-0.1, -0.05) is 51.3 Å². The van der Waals surface area contributed by atoms with Crippen molar-refractivity contribution in [1.29, 1.82) is 0 Å². The van der Waals surface area contributed by atoms with Gasteiger partial charge in [-0.25, -0.2) is 0 Å². The summed E-state index contributed by atoms with van der Waals surface area (Å²) in [4.78, 5) is 2.43. The van der Waals surface area contributed by atoms with E-state index in [-0.39, 0.29) is 6.04 Å². The average Bonchev–Trinajstić information content (AvgIpc) is 2.48. The van der Waals surface area contributed by atoms with E-state index in [1.54, 1.807) is 0 Å². The highest BCUT2D eigenvalue weighted by molar-refractivity contribution is 6.33. The Hall–Kier alpha value is -0.730. The van der Waals surface area contributed by atoms with Crippen molar-refractivity contribution in [2.75, 3.05) is 18.0 Å². The first-order chi connectivity index (χ1) is 10.1. The van der Waals surface area contributed by atoms with E-state index in [1.165, 1.54) is 36.9 Å². The Bertz CT molecular complexity index is 398. The lowest BCUT2D eigenvalue weighted by atomic mass is 10.0. The van der Waals surface area contributed by atoms with E-state index in [1.807, 2.05) is 0 Å². The van der Waals surface area contributed by atoms with Gasteiger partial charge in [-0.3, -0.25) is 0 Å². The van der Waals surface area contributed by atoms with Gasteiger partial charge >= 0.3 is 0 Å². The van der Waals surface area contributed by atoms with Crippen LogP contribution in [0.4, 0.5) is 5.69 Å². The maximum absolute atomic E-state index is 6.53. The fourth-order valence-electron chi connectivity index (χ4n) is 2.43. The number of benzene rings is 1. The van der Waals surface area contributed by atoms with E-state index in [0.29, 0.717) is 0 Å². The summed E-state index contributed by atoms with van der Waals surface area (Å²) in [6, 6.07) is 6.67. The number of hydrogen-bond donors (Lipinski definition) is 1. The lowest BCUT2D eigenvalue weighted by Gasteiger charge is -2.26. The van der Waals surface area contributed by atoms with Crippen LogP contribution in [0.5, 0.6) is 0 Å². The molecule has 1 unspecified atom stereocenters. The van der Waals surface area contributed by atoms with E-state index in [4.69, 9.17) is 17.3 Å². The van der Waals surface area contributed by atoms with Crippen molar-refractivity contribution in [1.82, 2.24) is 0 Å². The Kier molecular flexibility index (Phi) is 8.79. The van der Waals surface area contributed by atoms with Gasteiger partial charge in [0.25, 0.3) is 0 Å². The van der Waals surface area contributed by atoms with Crippen LogP contribution in [-0.2, 0) is 6.42 Å². The third-order valence-corrected chi connectivity index (χ3v) is 4.24. The second kappa shape index (κ2) is 10.1. The smallest absolute Gasteiger partial charge is 0.0642 e. The predicted molar refractivity (Wildman–Crippen MR) is 95.5 cm³/mol. The zero-order valence-corrected chi connectivity index (χ0v) is 14.6. The molecule has 0 amide bonds. The first kappa shape index (κ1) is 18.3. The molecule has 0 saturated heterocycles. The monoisotopic (exact) mass is 310 g/mol. The number of nitrogens with two attached hydrogens (primary N) is 1. The van der Waals surface area contributed by atoms with Crippen LogP contribution in [0.25, 0.3) is 0 Å². The molecule has 0 spiro atoms. The van der Waals surface area contributed by atoms with E-state index in [0.717, 1.165) is 31.0 Å². The molecule has 0 saturated carbocycles. The zero-order chi connectivity index (χ0) is 15.7. The average molecular weight is 311 g/mol. The van der Waals surface area contributed by atoms with Crippen LogP contribution in [0.15, 0.2) is 18.2 Å². The summed E-state index contributed by atoms with van der Waals surface area (Å²) >= 11 is 6.53. The second-order valence-corrected chi connectivity index (χ2v) is 6.26. The van der Waals surface area contributed by atoms with Crippen LogP contribution in [0.3, 0.4) is 0 Å². The highest BCUT2D eigenvalue weighted by Gasteiger charge is 2.11. The van der Waals surface area contributed by atoms with Crippen molar-refractivity contribution in [3.63, 3.8) is 0 Å². The Balaban J connectivity index is 2.82. The molecule has 0 heterocycles. The molecule has 0 aliphatic heterocycles. The Morgan fingerprint density at radius 1 is 1.10 bits per heavy atom. The molecule has 2 N–H and O–H groups in total. The summed E-state index contributed by atoms with van der Waals surface area (Å²) in [6.45, 7) is 8.76. The van der Waals surface area contributed by atoms with Gasteiger partial charge in [0.15, 0.2) is 0 Å². The van der Waals surface area contributed by atoms with Crippen molar-refractivity contribution in [3.8, 4) is 0 Å². The first-order valence-electron chi connectivity index (χ1n) is 8.41. The van der Waals surface area contributed by atoms with Crippen LogP contribution in [0, 0.1) is 0 Å². The molecular weight excluding hydrogens is 280 g/mol. The molecule has 0 bridgehead atoms. The van der Waals surface area contributed by atoms with Gasteiger partial charge in [-0.15, -0.1) is 0 Å². The molecule has 0 aromatic heterocycles. The minimum Gasteiger partial charge on any atom is -0.370 e. The number of unbranched alkanes of at least 4 members (excludes halogenated alkanes) is 2. The van der Waals surface area contributed by atoms with Crippen LogP contribution >= 0.6 is 11.6 Å². The standard InChI is InChI=1S/C18H31ClN2/c1-4-7-11-21(12-8-5-2)18-10-9-15(14-17(18)19)13-16(20)6-3/h9-10,14,16H,4-8,11-13,20H2,1-3H3. The molecule has 1 aromatic carbocycles. The fourth-order valence-corrected chi connectivity index (χ4v) is 2.75. The Labute approximate surface area is 135 Å². The highest BCUT2D eigenvalue weighted by atomic mass is 35.5. The van der Waals surface area contributed by atoms with Crippen molar-refractivity contribution < 1.29 is 0 Å². The van der Waals surface area contributed by atoms with Crippen molar-refractivity contribution >= 4 is 17.3 Å². The summed E-state index contributed by atoms with van der Waals surface area (Å²) < 4.78 is 0. The van der Waals surface area contributed by atoms with Crippen molar-refractivity contribution in [2.45, 2.75) is 65.3 Å². The largest absolute Gasteiger partial charge is 0.370 e. The van der Waals surface area contributed by atoms with Gasteiger partial charge in [0.05, 0.1) is 10.7 Å². The van der Waals surface area contributed by atoms with Crippen LogP contribution in [0.2, 0.25) is 5.02 Å². The molecule has 1 aromatic rings. The maximum atomic E-state index is 6.53. The summed E-state index contributed by atoms with van der Waals surface area (Å²) in [5.41, 5.74) is 8.44. The molecule has 0 radical (unpaired) electrons. The second-order valence-electron chi connectivity index (χ2n) is 5.85. The van der Waals surface area contributed by atoms with E-state index in [9.17, 15) is 0 Å². The number of rotatable bonds is 10. The molecule has 1 rings (SSSR count). The van der Waals surface area contributed by atoms with Gasteiger partial charge in [-0.05, 0) is 43.4 Å². The van der Waals surface area contributed by atoms with Gasteiger partial charge < -0.3 is 10.6 Å². The first-order valence-corrected chi connectivity index (χ1v) is 8.79. The molecule has 2 nitrogen and oxygen atoms in total. The van der Waals surface area contributed by atoms with Gasteiger partial charge in [-0.2, -0.15) is 0 Å². The molecular formula is C18H31ClN2. The third-order valence-electron chi connectivity index (χ3n) is 3.94. The SMILES string of the molecule is CCCCN(CCCC)c1ccc(CC(N)CC)cc1Cl. The lowest BCUT2D eigenvalue weighted by molar-refractivity contribution is 0.646. The van der Waals surface area contributed by atoms with Crippen LogP contribution in [-0.4, -0.2) is 19.1 Å². The number of anilines is 1. The molecule has 0 fully saturated rings. The van der Waals surface area contributed by atoms with Gasteiger partial charge in [0.2, 0.25) is 0 Å². The van der Waals surface area contributed by atoms with E-state index < -0.39 is 0 Å². The lowest BCUT2D eigenvalue weighted by Crippen LogP contribution is -2.26. The van der Waals surface area contributed by atoms with Crippen molar-refractivity contribution in [2.24, 2.45) is 5.73 Å². The predicted octanol–water partition coefficient (Wildman–Crippen LogP) is 5.03. The van der Waals surface area contributed by atoms with Crippen LogP contribution in [0.1, 0.15) is 58.4 Å². The Morgan fingerprint density at radius 2 is 1.71 bits per heavy atom. The van der Waals surface area contributed by atoms with E-state index >= 15 is 0 Å². The minimum atomic E-state index is 0.225. The quantitative estimate of drug-likeness (QED) is 0.657. The fraction of sp³-hybridized carbons (Fsp3) is 0.667. The maximum Gasteiger partial charge on any atom is 0.0642 e. The molecule has 21 heavy (non-hydrogen) atoms. The molecule has 1 atom stereocenters. The topological polar surface area (TPSA) is 29.3 Å². The van der Waals surface area contributed by atoms with Crippen LogP contribution < -0.4 is 10.6 Å². The third kappa shape index (κ3) is 6.27. The van der Waals surface area contributed by atoms with Crippen molar-refractivity contribution in [3.05, 3.63) is 28.8 Å². The van der Waals surface area contributed by atoms with E-state index in [2.05, 4.69) is 43.9 Å². The summed E-state index contributed by atoms with van der Waals surface area (Å²) in [5, 5.41) is 0.864. The summed E-state index contributed by atoms with van der Waals surface area (Å²) in [5.74, 6) is 0. The molecule has 3 heteroatoms. The number of hydrogen-bond acceptors (Lipinski definition) is 2. The molecule has 0 aliphatic rings. The van der Waals surface area contributed by atoms with Gasteiger partial charge in [0, 0.05) is 19.1 Å². The summed E-state index contributed by atoms with van der Waals surface area (Å²) in [6.07, 6.45) is 6.75. The number of halogens is 1. The molecule has 120 valence electrons. The summed E-state index contributed by atoms with van der Waals surface area (Å²) in [7, 11) is 0.